The summed E-state index contributed by atoms with van der Waals surface area (Å²) in [6.45, 7) is 1.64. The molecule has 15 heavy (non-hydrogen) atoms. The summed E-state index contributed by atoms with van der Waals surface area (Å²) in [6.07, 6.45) is 1.41. The summed E-state index contributed by atoms with van der Waals surface area (Å²) in [4.78, 5) is 12.2. The molecule has 0 aliphatic rings. The molecule has 1 atom stereocenters. The molecule has 1 rings (SSSR count). The third kappa shape index (κ3) is 3.45. The lowest BCUT2D eigenvalue weighted by molar-refractivity contribution is -0.127. The number of carbonyl (C=O) groups is 1. The van der Waals surface area contributed by atoms with Crippen molar-refractivity contribution in [3.63, 3.8) is 0 Å². The van der Waals surface area contributed by atoms with E-state index in [0.717, 1.165) is 4.90 Å². The van der Waals surface area contributed by atoms with Crippen LogP contribution in [0.4, 0.5) is 0 Å². The highest BCUT2D eigenvalue weighted by molar-refractivity contribution is 7.98. The molecule has 0 bridgehead atoms. The number of amides is 1. The van der Waals surface area contributed by atoms with Gasteiger partial charge in [0.15, 0.2) is 6.10 Å². The van der Waals surface area contributed by atoms with Crippen LogP contribution in [0.5, 0.6) is 5.75 Å². The molecule has 0 fully saturated rings. The van der Waals surface area contributed by atoms with Crippen LogP contribution in [-0.2, 0) is 4.79 Å². The normalized spacial score (nSPS) is 11.9. The van der Waals surface area contributed by atoms with Crippen LogP contribution < -0.4 is 16.0 Å². The zero-order valence-electron chi connectivity index (χ0n) is 8.69. The summed E-state index contributed by atoms with van der Waals surface area (Å²) in [7, 11) is 0. The van der Waals surface area contributed by atoms with Gasteiger partial charge in [-0.15, -0.1) is 11.8 Å². The average Bonchev–Trinajstić information content (AvgIpc) is 2.29. The van der Waals surface area contributed by atoms with Crippen molar-refractivity contribution in [1.29, 1.82) is 0 Å². The highest BCUT2D eigenvalue weighted by Crippen LogP contribution is 2.19. The Morgan fingerprint density at radius 1 is 1.47 bits per heavy atom. The maximum atomic E-state index is 11.1. The number of hydrazine groups is 1. The predicted molar refractivity (Wildman–Crippen MR) is 60.6 cm³/mol. The van der Waals surface area contributed by atoms with Crippen molar-refractivity contribution in [3.8, 4) is 5.75 Å². The van der Waals surface area contributed by atoms with Gasteiger partial charge in [0.05, 0.1) is 0 Å². The van der Waals surface area contributed by atoms with Crippen molar-refractivity contribution >= 4 is 17.7 Å². The third-order valence-electron chi connectivity index (χ3n) is 1.88. The van der Waals surface area contributed by atoms with Gasteiger partial charge in [-0.25, -0.2) is 5.84 Å². The fourth-order valence-corrected chi connectivity index (χ4v) is 1.44. The monoisotopic (exact) mass is 226 g/mol. The smallest absolute Gasteiger partial charge is 0.274 e. The van der Waals surface area contributed by atoms with Crippen molar-refractivity contribution in [2.75, 3.05) is 6.26 Å². The molecule has 3 N–H and O–H groups in total. The van der Waals surface area contributed by atoms with E-state index in [1.165, 1.54) is 0 Å². The van der Waals surface area contributed by atoms with Crippen LogP contribution >= 0.6 is 11.8 Å². The second kappa shape index (κ2) is 5.63. The molecule has 1 unspecified atom stereocenters. The molecule has 0 saturated heterocycles. The Morgan fingerprint density at radius 3 is 2.53 bits per heavy atom. The van der Waals surface area contributed by atoms with Crippen LogP contribution in [0.25, 0.3) is 0 Å². The van der Waals surface area contributed by atoms with Crippen molar-refractivity contribution in [3.05, 3.63) is 24.3 Å². The van der Waals surface area contributed by atoms with Crippen molar-refractivity contribution in [1.82, 2.24) is 5.43 Å². The minimum atomic E-state index is -0.588. The summed E-state index contributed by atoms with van der Waals surface area (Å²) < 4.78 is 5.37. The third-order valence-corrected chi connectivity index (χ3v) is 2.63. The van der Waals surface area contributed by atoms with E-state index < -0.39 is 6.10 Å². The average molecular weight is 226 g/mol. The number of hydrogen-bond acceptors (Lipinski definition) is 4. The lowest BCUT2D eigenvalue weighted by Crippen LogP contribution is -2.40. The molecular formula is C10H14N2O2S. The molecule has 0 aliphatic carbocycles. The van der Waals surface area contributed by atoms with Crippen LogP contribution in [0.1, 0.15) is 6.92 Å². The highest BCUT2D eigenvalue weighted by Gasteiger charge is 2.12. The Bertz CT molecular complexity index is 327. The molecule has 5 heteroatoms. The van der Waals surface area contributed by atoms with E-state index in [2.05, 4.69) is 0 Å². The Hall–Kier alpha value is -1.20. The van der Waals surface area contributed by atoms with Crippen LogP contribution in [-0.4, -0.2) is 18.3 Å². The van der Waals surface area contributed by atoms with Gasteiger partial charge in [-0.3, -0.25) is 10.2 Å². The second-order valence-electron chi connectivity index (χ2n) is 2.94. The van der Waals surface area contributed by atoms with Crippen molar-refractivity contribution < 1.29 is 9.53 Å². The summed E-state index contributed by atoms with van der Waals surface area (Å²) >= 11 is 1.65. The number of carbonyl (C=O) groups excluding carboxylic acids is 1. The Morgan fingerprint density at radius 2 is 2.07 bits per heavy atom. The number of benzene rings is 1. The number of thioether (sulfide) groups is 1. The van der Waals surface area contributed by atoms with Gasteiger partial charge < -0.3 is 4.74 Å². The molecule has 0 aromatic heterocycles. The van der Waals surface area contributed by atoms with Crippen molar-refractivity contribution in [2.45, 2.75) is 17.9 Å². The van der Waals surface area contributed by atoms with E-state index in [1.807, 2.05) is 35.9 Å². The molecule has 0 spiro atoms. The quantitative estimate of drug-likeness (QED) is 0.350. The fourth-order valence-electron chi connectivity index (χ4n) is 1.03. The number of nitrogens with one attached hydrogen (secondary N) is 1. The van der Waals surface area contributed by atoms with Gasteiger partial charge in [0, 0.05) is 4.90 Å². The van der Waals surface area contributed by atoms with Crippen LogP contribution in [0.15, 0.2) is 29.2 Å². The minimum absolute atomic E-state index is 0.344. The van der Waals surface area contributed by atoms with E-state index in [1.54, 1.807) is 18.7 Å². The lowest BCUT2D eigenvalue weighted by Gasteiger charge is -2.12. The van der Waals surface area contributed by atoms with E-state index >= 15 is 0 Å². The lowest BCUT2D eigenvalue weighted by atomic mass is 10.3. The summed E-state index contributed by atoms with van der Waals surface area (Å²) in [5, 5.41) is 0. The molecule has 1 aromatic carbocycles. The summed E-state index contributed by atoms with van der Waals surface area (Å²) in [5.41, 5.74) is 2.04. The molecule has 1 amide bonds. The second-order valence-corrected chi connectivity index (χ2v) is 3.82. The van der Waals surface area contributed by atoms with Gasteiger partial charge in [-0.2, -0.15) is 0 Å². The topological polar surface area (TPSA) is 64.3 Å². The van der Waals surface area contributed by atoms with E-state index in [0.29, 0.717) is 5.75 Å². The molecule has 0 radical (unpaired) electrons. The van der Waals surface area contributed by atoms with E-state index in [-0.39, 0.29) is 5.91 Å². The molecule has 1 aromatic rings. The zero-order valence-corrected chi connectivity index (χ0v) is 9.51. The first-order valence-electron chi connectivity index (χ1n) is 4.48. The number of rotatable bonds is 4. The maximum Gasteiger partial charge on any atom is 0.274 e. The maximum absolute atomic E-state index is 11.1. The molecule has 0 saturated carbocycles. The Labute approximate surface area is 93.1 Å². The van der Waals surface area contributed by atoms with Gasteiger partial charge in [0.2, 0.25) is 0 Å². The van der Waals surface area contributed by atoms with Gasteiger partial charge >= 0.3 is 0 Å². The van der Waals surface area contributed by atoms with Gasteiger partial charge in [0.25, 0.3) is 5.91 Å². The van der Waals surface area contributed by atoms with Crippen LogP contribution in [0, 0.1) is 0 Å². The largest absolute Gasteiger partial charge is 0.481 e. The molecule has 4 nitrogen and oxygen atoms in total. The SMILES string of the molecule is CSc1ccc(OC(C)C(=O)NN)cc1. The Balaban J connectivity index is 2.60. The first kappa shape index (κ1) is 11.9. The van der Waals surface area contributed by atoms with E-state index in [4.69, 9.17) is 10.6 Å². The Kier molecular flexibility index (Phi) is 4.45. The minimum Gasteiger partial charge on any atom is -0.481 e. The summed E-state index contributed by atoms with van der Waals surface area (Å²) in [6, 6.07) is 7.53. The molecule has 0 aliphatic heterocycles. The van der Waals surface area contributed by atoms with Crippen molar-refractivity contribution in [2.24, 2.45) is 5.84 Å². The number of hydrogen-bond donors (Lipinski definition) is 2. The van der Waals surface area contributed by atoms with Gasteiger partial charge in [-0.05, 0) is 37.4 Å². The molecule has 0 heterocycles. The zero-order chi connectivity index (χ0) is 11.3. The van der Waals surface area contributed by atoms with Crippen LogP contribution in [0.2, 0.25) is 0 Å². The first-order chi connectivity index (χ1) is 7.17. The summed E-state index contributed by atoms with van der Waals surface area (Å²) in [5.74, 6) is 5.30. The van der Waals surface area contributed by atoms with Gasteiger partial charge in [-0.1, -0.05) is 0 Å². The highest BCUT2D eigenvalue weighted by atomic mass is 32.2. The number of ether oxygens (including phenoxy) is 1. The van der Waals surface area contributed by atoms with E-state index in [9.17, 15) is 4.79 Å². The van der Waals surface area contributed by atoms with Crippen LogP contribution in [0.3, 0.4) is 0 Å². The molecule has 82 valence electrons. The standard InChI is InChI=1S/C10H14N2O2S/c1-7(10(13)12-11)14-8-3-5-9(15-2)6-4-8/h3-7H,11H2,1-2H3,(H,12,13). The number of nitrogens with two attached hydrogens (primary N) is 1. The molecular weight excluding hydrogens is 212 g/mol. The first-order valence-corrected chi connectivity index (χ1v) is 5.71. The fraction of sp³-hybridized carbons (Fsp3) is 0.300. The predicted octanol–water partition coefficient (Wildman–Crippen LogP) is 1.17. The van der Waals surface area contributed by atoms with Gasteiger partial charge in [0.1, 0.15) is 5.75 Å².